The van der Waals surface area contributed by atoms with Crippen LogP contribution in [-0.2, 0) is 11.2 Å². The minimum absolute atomic E-state index is 0.0370. The Labute approximate surface area is 118 Å². The van der Waals surface area contributed by atoms with Crippen molar-refractivity contribution in [3.8, 4) is 0 Å². The van der Waals surface area contributed by atoms with E-state index in [0.717, 1.165) is 37.6 Å². The lowest BCUT2D eigenvalue weighted by Gasteiger charge is -2.35. The third kappa shape index (κ3) is 4.26. The molecule has 0 radical (unpaired) electrons. The average Bonchev–Trinajstić information content (AvgIpc) is 2.92. The number of nitrogens with one attached hydrogen (secondary N) is 1. The van der Waals surface area contributed by atoms with E-state index in [9.17, 15) is 4.79 Å². The number of likely N-dealkylation sites (N-methyl/N-ethyl adjacent to an activating group) is 1. The second-order valence-electron chi connectivity index (χ2n) is 4.98. The van der Waals surface area contributed by atoms with Gasteiger partial charge >= 0.3 is 0 Å². The molecular formula is C13H22N4OS. The molecule has 0 unspecified atom stereocenters. The van der Waals surface area contributed by atoms with Gasteiger partial charge in [-0.1, -0.05) is 0 Å². The van der Waals surface area contributed by atoms with Gasteiger partial charge in [-0.25, -0.2) is 4.98 Å². The maximum atomic E-state index is 12.1. The van der Waals surface area contributed by atoms with Gasteiger partial charge in [0.2, 0.25) is 5.91 Å². The molecule has 0 saturated carbocycles. The minimum Gasteiger partial charge on any atom is -0.354 e. The zero-order chi connectivity index (χ0) is 13.7. The first kappa shape index (κ1) is 14.4. The molecule has 0 aromatic carbocycles. The molecule has 5 nitrogen and oxygen atoms in total. The smallest absolute Gasteiger partial charge is 0.237 e. The fourth-order valence-corrected chi connectivity index (χ4v) is 2.81. The zero-order valence-electron chi connectivity index (χ0n) is 11.6. The predicted molar refractivity (Wildman–Crippen MR) is 77.4 cm³/mol. The van der Waals surface area contributed by atoms with Crippen molar-refractivity contribution in [3.63, 3.8) is 0 Å². The molecule has 1 atom stereocenters. The molecule has 1 aliphatic rings. The third-order valence-corrected chi connectivity index (χ3v) is 4.43. The van der Waals surface area contributed by atoms with Crippen LogP contribution in [-0.4, -0.2) is 66.5 Å². The normalized spacial score (nSPS) is 19.3. The first-order valence-electron chi connectivity index (χ1n) is 6.75. The number of thiazole rings is 1. The van der Waals surface area contributed by atoms with E-state index < -0.39 is 0 Å². The molecule has 0 aliphatic carbocycles. The lowest BCUT2D eigenvalue weighted by Crippen LogP contribution is -2.53. The summed E-state index contributed by atoms with van der Waals surface area (Å²) in [7, 11) is 2.12. The van der Waals surface area contributed by atoms with Gasteiger partial charge in [0.05, 0.1) is 11.0 Å². The van der Waals surface area contributed by atoms with E-state index in [1.807, 2.05) is 12.3 Å². The maximum Gasteiger partial charge on any atom is 0.237 e. The number of rotatable bonds is 5. The number of hydrogen-bond donors (Lipinski definition) is 1. The maximum absolute atomic E-state index is 12.1. The van der Waals surface area contributed by atoms with Crippen molar-refractivity contribution in [2.24, 2.45) is 0 Å². The Morgan fingerprint density at radius 1 is 1.47 bits per heavy atom. The monoisotopic (exact) mass is 282 g/mol. The van der Waals surface area contributed by atoms with Crippen molar-refractivity contribution < 1.29 is 4.79 Å². The van der Waals surface area contributed by atoms with Crippen LogP contribution < -0.4 is 5.32 Å². The van der Waals surface area contributed by atoms with Crippen LogP contribution in [0.15, 0.2) is 11.6 Å². The van der Waals surface area contributed by atoms with Crippen molar-refractivity contribution >= 4 is 17.2 Å². The van der Waals surface area contributed by atoms with Crippen LogP contribution in [0.1, 0.15) is 11.9 Å². The van der Waals surface area contributed by atoms with Crippen LogP contribution in [0.2, 0.25) is 0 Å². The number of aromatic nitrogens is 1. The Morgan fingerprint density at radius 3 is 2.84 bits per heavy atom. The Hall–Kier alpha value is -0.980. The third-order valence-electron chi connectivity index (χ3n) is 3.59. The molecule has 2 rings (SSSR count). The number of carbonyl (C=O) groups excluding carboxylic acids is 1. The van der Waals surface area contributed by atoms with Crippen molar-refractivity contribution in [2.75, 3.05) is 39.8 Å². The van der Waals surface area contributed by atoms with Crippen LogP contribution >= 0.6 is 11.3 Å². The lowest BCUT2D eigenvalue weighted by atomic mass is 10.2. The molecule has 19 heavy (non-hydrogen) atoms. The second kappa shape index (κ2) is 6.98. The highest BCUT2D eigenvalue weighted by Gasteiger charge is 2.23. The number of nitrogens with zero attached hydrogens (tertiary/aromatic N) is 3. The highest BCUT2D eigenvalue weighted by Crippen LogP contribution is 2.06. The second-order valence-corrected chi connectivity index (χ2v) is 5.96. The molecule has 1 N–H and O–H groups in total. The van der Waals surface area contributed by atoms with Gasteiger partial charge in [-0.3, -0.25) is 9.69 Å². The van der Waals surface area contributed by atoms with Crippen molar-refractivity contribution in [2.45, 2.75) is 19.4 Å². The zero-order valence-corrected chi connectivity index (χ0v) is 12.4. The standard InChI is InChI=1S/C13H22N4OS/c1-11(17-8-6-16(2)7-9-17)13(18)15-4-3-12-14-5-10-19-12/h5,10-11H,3-4,6-9H2,1-2H3,(H,15,18)/t11-/m0/s1. The van der Waals surface area contributed by atoms with Crippen LogP contribution in [0.25, 0.3) is 0 Å². The summed E-state index contributed by atoms with van der Waals surface area (Å²) < 4.78 is 0. The van der Waals surface area contributed by atoms with E-state index >= 15 is 0 Å². The van der Waals surface area contributed by atoms with Gasteiger partial charge in [0.25, 0.3) is 0 Å². The van der Waals surface area contributed by atoms with Crippen molar-refractivity contribution in [3.05, 3.63) is 16.6 Å². The van der Waals surface area contributed by atoms with E-state index in [4.69, 9.17) is 0 Å². The summed E-state index contributed by atoms with van der Waals surface area (Å²) >= 11 is 1.63. The van der Waals surface area contributed by atoms with E-state index in [1.165, 1.54) is 0 Å². The summed E-state index contributed by atoms with van der Waals surface area (Å²) in [6.45, 7) is 6.68. The quantitative estimate of drug-likeness (QED) is 0.851. The van der Waals surface area contributed by atoms with Gasteiger partial charge in [0.15, 0.2) is 0 Å². The Morgan fingerprint density at radius 2 is 2.21 bits per heavy atom. The molecule has 1 saturated heterocycles. The highest BCUT2D eigenvalue weighted by atomic mass is 32.1. The molecule has 1 fully saturated rings. The largest absolute Gasteiger partial charge is 0.354 e. The van der Waals surface area contributed by atoms with Gasteiger partial charge in [-0.15, -0.1) is 11.3 Å². The summed E-state index contributed by atoms with van der Waals surface area (Å²) in [5.41, 5.74) is 0. The molecule has 1 amide bonds. The Kier molecular flexibility index (Phi) is 5.30. The first-order valence-corrected chi connectivity index (χ1v) is 7.63. The van der Waals surface area contributed by atoms with E-state index in [-0.39, 0.29) is 11.9 Å². The molecule has 106 valence electrons. The number of carbonyl (C=O) groups is 1. The van der Waals surface area contributed by atoms with Crippen molar-refractivity contribution in [1.29, 1.82) is 0 Å². The molecule has 2 heterocycles. The van der Waals surface area contributed by atoms with Crippen LogP contribution in [0, 0.1) is 0 Å². The summed E-state index contributed by atoms with van der Waals surface area (Å²) in [6.07, 6.45) is 2.62. The topological polar surface area (TPSA) is 48.5 Å². The fraction of sp³-hybridized carbons (Fsp3) is 0.692. The number of piperazine rings is 1. The van der Waals surface area contributed by atoms with E-state index in [0.29, 0.717) is 6.54 Å². The van der Waals surface area contributed by atoms with Crippen LogP contribution in [0.5, 0.6) is 0 Å². The van der Waals surface area contributed by atoms with Crippen LogP contribution in [0.4, 0.5) is 0 Å². The van der Waals surface area contributed by atoms with E-state index in [2.05, 4.69) is 27.1 Å². The molecule has 1 aromatic heterocycles. The average molecular weight is 282 g/mol. The van der Waals surface area contributed by atoms with Gasteiger partial charge in [-0.2, -0.15) is 0 Å². The Balaban J connectivity index is 1.70. The molecule has 1 aromatic rings. The molecule has 1 aliphatic heterocycles. The summed E-state index contributed by atoms with van der Waals surface area (Å²) in [4.78, 5) is 20.8. The molecule has 0 spiro atoms. The summed E-state index contributed by atoms with van der Waals surface area (Å²) in [5, 5.41) is 6.04. The van der Waals surface area contributed by atoms with Gasteiger partial charge in [0.1, 0.15) is 0 Å². The molecule has 0 bridgehead atoms. The van der Waals surface area contributed by atoms with Gasteiger partial charge in [0, 0.05) is 50.7 Å². The number of amides is 1. The van der Waals surface area contributed by atoms with E-state index in [1.54, 1.807) is 17.5 Å². The number of hydrogen-bond acceptors (Lipinski definition) is 5. The lowest BCUT2D eigenvalue weighted by molar-refractivity contribution is -0.126. The predicted octanol–water partition coefficient (Wildman–Crippen LogP) is 0.438. The SMILES string of the molecule is C[C@@H](C(=O)NCCc1nccs1)N1CCN(C)CC1. The molecular weight excluding hydrogens is 260 g/mol. The van der Waals surface area contributed by atoms with Gasteiger partial charge < -0.3 is 10.2 Å². The summed E-state index contributed by atoms with van der Waals surface area (Å²) in [5.74, 6) is 0.126. The van der Waals surface area contributed by atoms with Crippen LogP contribution in [0.3, 0.4) is 0 Å². The highest BCUT2D eigenvalue weighted by molar-refractivity contribution is 7.09. The molecule has 6 heteroatoms. The fourth-order valence-electron chi connectivity index (χ4n) is 2.19. The Bertz CT molecular complexity index is 387. The summed E-state index contributed by atoms with van der Waals surface area (Å²) in [6, 6.07) is -0.0370. The minimum atomic E-state index is -0.0370. The first-order chi connectivity index (χ1) is 9.16. The van der Waals surface area contributed by atoms with Crippen molar-refractivity contribution in [1.82, 2.24) is 20.1 Å². The van der Waals surface area contributed by atoms with Gasteiger partial charge in [-0.05, 0) is 14.0 Å².